The van der Waals surface area contributed by atoms with Crippen molar-refractivity contribution in [3.63, 3.8) is 0 Å². The second-order valence-corrected chi connectivity index (χ2v) is 7.89. The minimum absolute atomic E-state index is 0.453. The molecule has 9 heteroatoms. The molecule has 7 nitrogen and oxygen atoms in total. The zero-order chi connectivity index (χ0) is 17.8. The number of aliphatic hydroxyl groups is 1. The van der Waals surface area contributed by atoms with E-state index < -0.39 is 6.10 Å². The molecule has 1 atom stereocenters. The summed E-state index contributed by atoms with van der Waals surface area (Å²) in [5.74, 6) is 0.524. The van der Waals surface area contributed by atoms with E-state index in [1.807, 2.05) is 10.6 Å². The number of fused-ring (bicyclic) bond motifs is 1. The Morgan fingerprint density at radius 3 is 2.96 bits per heavy atom. The molecule has 0 aliphatic heterocycles. The Balaban J connectivity index is 1.55. The Morgan fingerprint density at radius 1 is 1.35 bits per heavy atom. The minimum atomic E-state index is -0.869. The smallest absolute Gasteiger partial charge is 0.141 e. The highest BCUT2D eigenvalue weighted by molar-refractivity contribution is 7.17. The van der Waals surface area contributed by atoms with E-state index in [0.29, 0.717) is 22.3 Å². The van der Waals surface area contributed by atoms with Crippen LogP contribution in [0.5, 0.6) is 0 Å². The molecule has 0 radical (unpaired) electrons. The van der Waals surface area contributed by atoms with Crippen LogP contribution in [0.25, 0.3) is 10.5 Å². The predicted molar refractivity (Wildman–Crippen MR) is 99.9 cm³/mol. The number of benzene rings is 1. The van der Waals surface area contributed by atoms with Crippen LogP contribution in [-0.2, 0) is 0 Å². The van der Waals surface area contributed by atoms with Gasteiger partial charge in [0.1, 0.15) is 23.0 Å². The summed E-state index contributed by atoms with van der Waals surface area (Å²) < 4.78 is 3.53. The molecule has 1 saturated carbocycles. The van der Waals surface area contributed by atoms with Gasteiger partial charge >= 0.3 is 0 Å². The van der Waals surface area contributed by atoms with Crippen molar-refractivity contribution in [1.82, 2.24) is 24.4 Å². The van der Waals surface area contributed by atoms with Gasteiger partial charge in [0.25, 0.3) is 0 Å². The topological polar surface area (TPSA) is 94.3 Å². The summed E-state index contributed by atoms with van der Waals surface area (Å²) in [7, 11) is 0. The molecule has 0 saturated heterocycles. The van der Waals surface area contributed by atoms with Gasteiger partial charge in [-0.2, -0.15) is 0 Å². The first-order chi connectivity index (χ1) is 12.6. The average Bonchev–Trinajstić information content (AvgIpc) is 3.06. The van der Waals surface area contributed by atoms with Crippen molar-refractivity contribution in [3.05, 3.63) is 58.2 Å². The van der Waals surface area contributed by atoms with Crippen molar-refractivity contribution in [1.29, 1.82) is 0 Å². The van der Waals surface area contributed by atoms with Gasteiger partial charge in [-0.25, -0.2) is 9.67 Å². The lowest BCUT2D eigenvalue weighted by molar-refractivity contribution is 0.208. The molecule has 1 fully saturated rings. The molecule has 3 N–H and O–H groups in total. The number of nitrogens with zero attached hydrogens (tertiary/aromatic N) is 5. The fourth-order valence-electron chi connectivity index (χ4n) is 3.05. The number of rotatable bonds is 4. The van der Waals surface area contributed by atoms with E-state index in [1.165, 1.54) is 4.88 Å². The van der Waals surface area contributed by atoms with Crippen molar-refractivity contribution in [2.75, 3.05) is 5.73 Å². The Bertz CT molecular complexity index is 1110. The minimum Gasteiger partial charge on any atom is -0.398 e. The largest absolute Gasteiger partial charge is 0.398 e. The maximum atomic E-state index is 11.0. The van der Waals surface area contributed by atoms with E-state index in [1.54, 1.807) is 46.7 Å². The zero-order valence-corrected chi connectivity index (χ0v) is 15.2. The van der Waals surface area contributed by atoms with Gasteiger partial charge in [-0.15, -0.1) is 16.4 Å². The molecule has 132 valence electrons. The fraction of sp³-hybridized carbons (Fsp3) is 0.235. The van der Waals surface area contributed by atoms with Gasteiger partial charge in [0.2, 0.25) is 0 Å². The first kappa shape index (κ1) is 15.8. The van der Waals surface area contributed by atoms with Gasteiger partial charge in [-0.05, 0) is 37.0 Å². The number of hydrogen-bond acceptors (Lipinski definition) is 6. The summed E-state index contributed by atoms with van der Waals surface area (Å²) in [6, 6.07) is 5.24. The molecule has 3 aromatic heterocycles. The van der Waals surface area contributed by atoms with E-state index >= 15 is 0 Å². The van der Waals surface area contributed by atoms with E-state index in [2.05, 4.69) is 15.3 Å². The van der Waals surface area contributed by atoms with Crippen molar-refractivity contribution in [3.8, 4) is 5.69 Å². The highest BCUT2D eigenvalue weighted by Gasteiger charge is 2.33. The fourth-order valence-corrected chi connectivity index (χ4v) is 4.53. The third-order valence-electron chi connectivity index (χ3n) is 4.58. The maximum absolute atomic E-state index is 11.0. The SMILES string of the molecule is Nc1ccc(-n2cc(C(O)c3c(C4CC4)sc4cncn34)nn2)cc1Cl. The van der Waals surface area contributed by atoms with Crippen LogP contribution in [0.3, 0.4) is 0 Å². The molecule has 5 rings (SSSR count). The normalized spacial score (nSPS) is 15.6. The van der Waals surface area contributed by atoms with Crippen LogP contribution in [0, 0.1) is 0 Å². The van der Waals surface area contributed by atoms with E-state index in [0.717, 1.165) is 29.1 Å². The molecular formula is C17H15ClN6OS. The highest BCUT2D eigenvalue weighted by atomic mass is 35.5. The predicted octanol–water partition coefficient (Wildman–Crippen LogP) is 3.17. The van der Waals surface area contributed by atoms with Crippen LogP contribution >= 0.6 is 22.9 Å². The number of nitrogen functional groups attached to an aromatic ring is 1. The molecule has 1 aliphatic carbocycles. The van der Waals surface area contributed by atoms with Gasteiger partial charge in [0.15, 0.2) is 0 Å². The van der Waals surface area contributed by atoms with Crippen LogP contribution in [0.1, 0.15) is 41.1 Å². The van der Waals surface area contributed by atoms with Gasteiger partial charge in [-0.1, -0.05) is 16.8 Å². The van der Waals surface area contributed by atoms with E-state index in [-0.39, 0.29) is 0 Å². The standard InChI is InChI=1S/C17H15ClN6OS/c18-11-5-10(3-4-12(11)19)24-7-13(21-22-24)16(25)15-17(9-1-2-9)26-14-6-20-8-23(14)15/h3-9,16,25H,1-2,19H2. The zero-order valence-electron chi connectivity index (χ0n) is 13.6. The van der Waals surface area contributed by atoms with Crippen LogP contribution in [0.4, 0.5) is 5.69 Å². The van der Waals surface area contributed by atoms with Gasteiger partial charge in [0, 0.05) is 4.88 Å². The molecule has 3 heterocycles. The molecule has 0 bridgehead atoms. The van der Waals surface area contributed by atoms with Gasteiger partial charge in [-0.3, -0.25) is 4.40 Å². The number of aliphatic hydroxyl groups excluding tert-OH is 1. The Kier molecular flexibility index (Phi) is 3.53. The monoisotopic (exact) mass is 386 g/mol. The number of thiazole rings is 1. The molecule has 0 amide bonds. The summed E-state index contributed by atoms with van der Waals surface area (Å²) in [4.78, 5) is 6.42. The van der Waals surface area contributed by atoms with E-state index in [4.69, 9.17) is 17.3 Å². The maximum Gasteiger partial charge on any atom is 0.141 e. The number of imidazole rings is 1. The lowest BCUT2D eigenvalue weighted by atomic mass is 10.1. The molecule has 0 spiro atoms. The lowest BCUT2D eigenvalue weighted by Crippen LogP contribution is -2.06. The average molecular weight is 387 g/mol. The second-order valence-electron chi connectivity index (χ2n) is 6.42. The Labute approximate surface area is 157 Å². The highest BCUT2D eigenvalue weighted by Crippen LogP contribution is 2.47. The van der Waals surface area contributed by atoms with Crippen LogP contribution in [0.15, 0.2) is 36.9 Å². The number of anilines is 1. The number of aromatic nitrogens is 5. The molecule has 4 aromatic rings. The summed E-state index contributed by atoms with van der Waals surface area (Å²) in [5, 5.41) is 19.8. The first-order valence-corrected chi connectivity index (χ1v) is 9.41. The molecule has 1 unspecified atom stereocenters. The van der Waals surface area contributed by atoms with Crippen LogP contribution in [0.2, 0.25) is 5.02 Å². The second kappa shape index (κ2) is 5.80. The quantitative estimate of drug-likeness (QED) is 0.525. The number of hydrogen-bond donors (Lipinski definition) is 2. The first-order valence-electron chi connectivity index (χ1n) is 8.22. The van der Waals surface area contributed by atoms with Gasteiger partial charge in [0.05, 0.1) is 34.5 Å². The number of nitrogens with two attached hydrogens (primary N) is 1. The van der Waals surface area contributed by atoms with Crippen molar-refractivity contribution >= 4 is 33.5 Å². The van der Waals surface area contributed by atoms with Gasteiger partial charge < -0.3 is 10.8 Å². The summed E-state index contributed by atoms with van der Waals surface area (Å²) in [6.45, 7) is 0. The number of halogens is 1. The van der Waals surface area contributed by atoms with Crippen LogP contribution < -0.4 is 5.73 Å². The Hall–Kier alpha value is -2.42. The third kappa shape index (κ3) is 2.49. The van der Waals surface area contributed by atoms with Crippen molar-refractivity contribution < 1.29 is 5.11 Å². The summed E-state index contributed by atoms with van der Waals surface area (Å²) in [6.07, 6.45) is 6.72. The molecule has 26 heavy (non-hydrogen) atoms. The molecular weight excluding hydrogens is 372 g/mol. The molecule has 1 aromatic carbocycles. The lowest BCUT2D eigenvalue weighted by Gasteiger charge is -2.09. The molecule has 1 aliphatic rings. The van der Waals surface area contributed by atoms with Crippen molar-refractivity contribution in [2.24, 2.45) is 0 Å². The summed E-state index contributed by atoms with van der Waals surface area (Å²) >= 11 is 7.77. The van der Waals surface area contributed by atoms with Crippen LogP contribution in [-0.4, -0.2) is 29.5 Å². The Morgan fingerprint density at radius 2 is 2.19 bits per heavy atom. The van der Waals surface area contributed by atoms with Crippen molar-refractivity contribution in [2.45, 2.75) is 24.9 Å². The van der Waals surface area contributed by atoms with E-state index in [9.17, 15) is 5.11 Å². The summed E-state index contributed by atoms with van der Waals surface area (Å²) in [5.41, 5.74) is 8.31. The third-order valence-corrected chi connectivity index (χ3v) is 6.18.